The number of aromatic amines is 1. The van der Waals surface area contributed by atoms with Crippen LogP contribution in [0.5, 0.6) is 0 Å². The Labute approximate surface area is 197 Å². The number of piperidine rings is 1. The highest BCUT2D eigenvalue weighted by atomic mass is 32.1. The summed E-state index contributed by atoms with van der Waals surface area (Å²) in [6.07, 6.45) is 8.98. The third-order valence-corrected chi connectivity index (χ3v) is 7.54. The van der Waals surface area contributed by atoms with Crippen LogP contribution in [0.25, 0.3) is 43.5 Å². The number of thiophene rings is 1. The number of fused-ring (bicyclic) bond motifs is 2. The molecule has 1 saturated heterocycles. The summed E-state index contributed by atoms with van der Waals surface area (Å²) in [5.74, 6) is 1.07. The summed E-state index contributed by atoms with van der Waals surface area (Å²) in [6.45, 7) is 3.10. The van der Waals surface area contributed by atoms with E-state index in [1.165, 1.54) is 11.3 Å². The van der Waals surface area contributed by atoms with Crippen molar-refractivity contribution in [1.29, 1.82) is 0 Å². The second-order valence-corrected chi connectivity index (χ2v) is 9.44. The van der Waals surface area contributed by atoms with Crippen LogP contribution in [0.15, 0.2) is 51.5 Å². The van der Waals surface area contributed by atoms with Crippen molar-refractivity contribution in [1.82, 2.24) is 24.6 Å². The molecule has 0 saturated carbocycles. The number of anilines is 1. The minimum Gasteiger partial charge on any atom is -0.452 e. The van der Waals surface area contributed by atoms with E-state index >= 15 is 0 Å². The van der Waals surface area contributed by atoms with E-state index in [0.717, 1.165) is 53.4 Å². The lowest BCUT2D eigenvalue weighted by Crippen LogP contribution is -2.37. The lowest BCUT2D eigenvalue weighted by Gasteiger charge is -2.31. The molecular weight excluding hydrogens is 452 g/mol. The molecule has 0 radical (unpaired) electrons. The molecule has 6 rings (SSSR count). The maximum absolute atomic E-state index is 12.1. The van der Waals surface area contributed by atoms with E-state index in [1.54, 1.807) is 19.3 Å². The molecule has 0 aromatic carbocycles. The molecule has 0 aliphatic carbocycles. The Hall–Kier alpha value is -3.92. The Morgan fingerprint density at radius 1 is 1.24 bits per heavy atom. The minimum atomic E-state index is -0.117. The molecule has 172 valence electrons. The molecule has 9 nitrogen and oxygen atoms in total. The Bertz CT molecular complexity index is 1600. The van der Waals surface area contributed by atoms with Crippen LogP contribution < -0.4 is 11.3 Å². The molecule has 10 heteroatoms. The van der Waals surface area contributed by atoms with Crippen LogP contribution in [0.2, 0.25) is 0 Å². The Kier molecular flexibility index (Phi) is 4.77. The van der Waals surface area contributed by atoms with Gasteiger partial charge >= 0.3 is 0 Å². The number of H-pyrrole nitrogens is 1. The molecule has 1 fully saturated rings. The van der Waals surface area contributed by atoms with Crippen LogP contribution in [0.1, 0.15) is 25.8 Å². The first-order valence-electron chi connectivity index (χ1n) is 11.1. The van der Waals surface area contributed by atoms with Gasteiger partial charge in [-0.05, 0) is 25.0 Å². The number of likely N-dealkylation sites (tertiary alicyclic amines) is 1. The van der Waals surface area contributed by atoms with Gasteiger partial charge in [0.25, 0.3) is 5.56 Å². The molecule has 0 atom stereocenters. The van der Waals surface area contributed by atoms with Crippen molar-refractivity contribution in [2.24, 2.45) is 0 Å². The lowest BCUT2D eigenvalue weighted by molar-refractivity contribution is -0.130. The fourth-order valence-corrected chi connectivity index (χ4v) is 5.64. The first-order valence-corrected chi connectivity index (χ1v) is 11.9. The zero-order valence-electron chi connectivity index (χ0n) is 18.4. The highest BCUT2D eigenvalue weighted by Crippen LogP contribution is 2.40. The van der Waals surface area contributed by atoms with Crippen LogP contribution in [0, 0.1) is 0 Å². The molecule has 1 aliphatic rings. The van der Waals surface area contributed by atoms with Crippen molar-refractivity contribution >= 4 is 44.1 Å². The SMILES string of the molecule is CC(=O)N1CCC(n2cc(-c3cnc(N)c4oc(-c5csc6c(=O)[nH]ccc56)cc34)cn2)CC1. The number of furan rings is 1. The highest BCUT2D eigenvalue weighted by molar-refractivity contribution is 7.17. The number of hydrogen-bond donors (Lipinski definition) is 2. The summed E-state index contributed by atoms with van der Waals surface area (Å²) in [6, 6.07) is 4.07. The van der Waals surface area contributed by atoms with E-state index in [4.69, 9.17) is 10.2 Å². The molecule has 6 heterocycles. The molecule has 0 spiro atoms. The van der Waals surface area contributed by atoms with Gasteiger partial charge in [0.2, 0.25) is 5.91 Å². The highest BCUT2D eigenvalue weighted by Gasteiger charge is 2.23. The topological polar surface area (TPSA) is 123 Å². The van der Waals surface area contributed by atoms with Gasteiger partial charge in [-0.2, -0.15) is 5.10 Å². The first kappa shape index (κ1) is 20.7. The van der Waals surface area contributed by atoms with Crippen molar-refractivity contribution in [2.45, 2.75) is 25.8 Å². The predicted molar refractivity (Wildman–Crippen MR) is 132 cm³/mol. The molecule has 5 aromatic rings. The Balaban J connectivity index is 1.38. The number of pyridine rings is 2. The molecule has 5 aromatic heterocycles. The fraction of sp³-hybridized carbons (Fsp3) is 0.250. The van der Waals surface area contributed by atoms with Crippen molar-refractivity contribution in [3.05, 3.63) is 52.7 Å². The number of nitrogens with one attached hydrogen (secondary N) is 1. The van der Waals surface area contributed by atoms with Gasteiger partial charge in [0.15, 0.2) is 11.4 Å². The van der Waals surface area contributed by atoms with Gasteiger partial charge in [0, 0.05) is 71.4 Å². The molecular formula is C24H22N6O3S. The molecule has 0 unspecified atom stereocenters. The largest absolute Gasteiger partial charge is 0.452 e. The normalized spacial score (nSPS) is 14.9. The van der Waals surface area contributed by atoms with Crippen LogP contribution in [0.3, 0.4) is 0 Å². The third kappa shape index (κ3) is 3.29. The summed E-state index contributed by atoms with van der Waals surface area (Å²) < 4.78 is 8.79. The summed E-state index contributed by atoms with van der Waals surface area (Å²) in [7, 11) is 0. The first-order chi connectivity index (χ1) is 16.5. The van der Waals surface area contributed by atoms with E-state index in [1.807, 2.05) is 39.5 Å². The van der Waals surface area contributed by atoms with Crippen molar-refractivity contribution in [2.75, 3.05) is 18.8 Å². The summed E-state index contributed by atoms with van der Waals surface area (Å²) in [4.78, 5) is 32.7. The third-order valence-electron chi connectivity index (χ3n) is 6.55. The average molecular weight is 475 g/mol. The number of amides is 1. The second kappa shape index (κ2) is 7.84. The maximum Gasteiger partial charge on any atom is 0.265 e. The van der Waals surface area contributed by atoms with Gasteiger partial charge in [-0.15, -0.1) is 11.3 Å². The fourth-order valence-electron chi connectivity index (χ4n) is 4.69. The van der Waals surface area contributed by atoms with Gasteiger partial charge in [-0.3, -0.25) is 14.3 Å². The van der Waals surface area contributed by atoms with Crippen molar-refractivity contribution < 1.29 is 9.21 Å². The van der Waals surface area contributed by atoms with E-state index in [2.05, 4.69) is 15.1 Å². The van der Waals surface area contributed by atoms with Gasteiger partial charge in [0.05, 0.1) is 12.2 Å². The smallest absolute Gasteiger partial charge is 0.265 e. The summed E-state index contributed by atoms with van der Waals surface area (Å²) >= 11 is 1.38. The van der Waals surface area contributed by atoms with Crippen molar-refractivity contribution in [3.63, 3.8) is 0 Å². The van der Waals surface area contributed by atoms with Crippen LogP contribution >= 0.6 is 11.3 Å². The number of carbonyl (C=O) groups is 1. The monoisotopic (exact) mass is 474 g/mol. The van der Waals surface area contributed by atoms with Crippen molar-refractivity contribution in [3.8, 4) is 22.5 Å². The quantitative estimate of drug-likeness (QED) is 0.407. The van der Waals surface area contributed by atoms with Gasteiger partial charge < -0.3 is 20.0 Å². The van der Waals surface area contributed by atoms with E-state index in [-0.39, 0.29) is 17.5 Å². The zero-order chi connectivity index (χ0) is 23.4. The Morgan fingerprint density at radius 3 is 2.85 bits per heavy atom. The predicted octanol–water partition coefficient (Wildman–Crippen LogP) is 4.03. The van der Waals surface area contributed by atoms with Gasteiger partial charge in [-0.25, -0.2) is 4.98 Å². The summed E-state index contributed by atoms with van der Waals surface area (Å²) in [5.41, 5.74) is 9.20. The number of nitrogens with two attached hydrogens (primary N) is 1. The molecule has 1 aliphatic heterocycles. The van der Waals surface area contributed by atoms with E-state index in [0.29, 0.717) is 21.9 Å². The van der Waals surface area contributed by atoms with Gasteiger partial charge in [-0.1, -0.05) is 0 Å². The minimum absolute atomic E-state index is 0.117. The van der Waals surface area contributed by atoms with Crippen LogP contribution in [-0.2, 0) is 4.79 Å². The second-order valence-electron chi connectivity index (χ2n) is 8.56. The van der Waals surface area contributed by atoms with Crippen LogP contribution in [0.4, 0.5) is 5.82 Å². The number of nitrogen functional groups attached to an aromatic ring is 1. The lowest BCUT2D eigenvalue weighted by atomic mass is 10.0. The number of aromatic nitrogens is 4. The van der Waals surface area contributed by atoms with E-state index < -0.39 is 0 Å². The van der Waals surface area contributed by atoms with Gasteiger partial charge in [0.1, 0.15) is 10.5 Å². The molecule has 3 N–H and O–H groups in total. The Morgan fingerprint density at radius 2 is 2.06 bits per heavy atom. The van der Waals surface area contributed by atoms with E-state index in [9.17, 15) is 9.59 Å². The summed E-state index contributed by atoms with van der Waals surface area (Å²) in [5, 5.41) is 8.22. The number of nitrogens with zero attached hydrogens (tertiary/aromatic N) is 4. The standard InChI is InChI=1S/C24H22N6O3S/c1-13(31)29-6-3-15(4-7-29)30-11-14(9-28-30)18-10-27-23(25)21-17(18)8-20(33-21)19-12-34-22-16(19)2-5-26-24(22)32/h2,5,8-12,15H,3-4,6-7H2,1H3,(H2,25,27)(H,26,32). The molecule has 0 bridgehead atoms. The molecule has 34 heavy (non-hydrogen) atoms. The van der Waals surface area contributed by atoms with Crippen LogP contribution in [-0.4, -0.2) is 43.6 Å². The number of rotatable bonds is 3. The molecule has 1 amide bonds. The average Bonchev–Trinajstić information content (AvgIpc) is 3.58. The number of hydrogen-bond acceptors (Lipinski definition) is 7. The maximum atomic E-state index is 12.1. The number of carbonyl (C=O) groups excluding carboxylic acids is 1. The zero-order valence-corrected chi connectivity index (χ0v) is 19.3.